The minimum Gasteiger partial charge on any atom is -0.489 e. The lowest BCUT2D eigenvalue weighted by Gasteiger charge is -2.11. The Kier molecular flexibility index (Phi) is 7.65. The predicted octanol–water partition coefficient (Wildman–Crippen LogP) is 4.73. The average molecular weight is 418 g/mol. The first-order chi connectivity index (χ1) is 15.0. The second-order valence-corrected chi connectivity index (χ2v) is 7.43. The largest absolute Gasteiger partial charge is 0.489 e. The standard InChI is InChI=1S/C25H27N3O3/c1-18(2)27-25(30)26-16-19-8-10-21(11-9-19)24(29)28-22-12-14-23(15-13-22)31-17-20-6-4-3-5-7-20/h3-15,18H,16-17H2,1-2H3,(H,28,29)(H2,26,27,30). The molecule has 0 saturated carbocycles. The number of nitrogens with one attached hydrogen (secondary N) is 3. The second-order valence-electron chi connectivity index (χ2n) is 7.43. The number of hydrogen-bond acceptors (Lipinski definition) is 3. The summed E-state index contributed by atoms with van der Waals surface area (Å²) in [5, 5.41) is 8.43. The zero-order valence-electron chi connectivity index (χ0n) is 17.7. The zero-order valence-corrected chi connectivity index (χ0v) is 17.7. The lowest BCUT2D eigenvalue weighted by atomic mass is 10.1. The van der Waals surface area contributed by atoms with Crippen molar-refractivity contribution in [2.45, 2.75) is 33.0 Å². The van der Waals surface area contributed by atoms with Gasteiger partial charge in [0.15, 0.2) is 0 Å². The molecular weight excluding hydrogens is 390 g/mol. The van der Waals surface area contributed by atoms with Crippen LogP contribution in [0.1, 0.15) is 35.3 Å². The summed E-state index contributed by atoms with van der Waals surface area (Å²) >= 11 is 0. The van der Waals surface area contributed by atoms with Gasteiger partial charge in [-0.1, -0.05) is 42.5 Å². The highest BCUT2D eigenvalue weighted by molar-refractivity contribution is 6.04. The van der Waals surface area contributed by atoms with E-state index in [2.05, 4.69) is 16.0 Å². The molecule has 0 fully saturated rings. The van der Waals surface area contributed by atoms with Gasteiger partial charge in [-0.15, -0.1) is 0 Å². The Bertz CT molecular complexity index is 985. The summed E-state index contributed by atoms with van der Waals surface area (Å²) in [6.45, 7) is 4.69. The molecule has 0 aliphatic rings. The Labute approximate surface area is 182 Å². The van der Waals surface area contributed by atoms with E-state index in [-0.39, 0.29) is 18.0 Å². The van der Waals surface area contributed by atoms with Crippen molar-refractivity contribution in [2.24, 2.45) is 0 Å². The Balaban J connectivity index is 1.48. The van der Waals surface area contributed by atoms with E-state index in [1.54, 1.807) is 12.1 Å². The molecule has 0 heterocycles. The maximum absolute atomic E-state index is 12.5. The van der Waals surface area contributed by atoms with Gasteiger partial charge < -0.3 is 20.7 Å². The summed E-state index contributed by atoms with van der Waals surface area (Å²) in [4.78, 5) is 24.1. The van der Waals surface area contributed by atoms with E-state index < -0.39 is 0 Å². The highest BCUT2D eigenvalue weighted by Gasteiger charge is 2.07. The summed E-state index contributed by atoms with van der Waals surface area (Å²) in [5.74, 6) is 0.537. The van der Waals surface area contributed by atoms with Crippen molar-refractivity contribution in [3.8, 4) is 5.75 Å². The maximum atomic E-state index is 12.5. The quantitative estimate of drug-likeness (QED) is 0.496. The van der Waals surface area contributed by atoms with Crippen LogP contribution < -0.4 is 20.7 Å². The number of hydrogen-bond donors (Lipinski definition) is 3. The van der Waals surface area contributed by atoms with Crippen molar-refractivity contribution in [1.29, 1.82) is 0 Å². The summed E-state index contributed by atoms with van der Waals surface area (Å²) in [6.07, 6.45) is 0. The van der Waals surface area contributed by atoms with Crippen molar-refractivity contribution < 1.29 is 14.3 Å². The highest BCUT2D eigenvalue weighted by Crippen LogP contribution is 2.18. The Morgan fingerprint density at radius 2 is 1.52 bits per heavy atom. The van der Waals surface area contributed by atoms with Crippen LogP contribution in [0.25, 0.3) is 0 Å². The fourth-order valence-electron chi connectivity index (χ4n) is 2.85. The predicted molar refractivity (Wildman–Crippen MR) is 122 cm³/mol. The van der Waals surface area contributed by atoms with Crippen molar-refractivity contribution in [2.75, 3.05) is 5.32 Å². The van der Waals surface area contributed by atoms with E-state index in [1.165, 1.54) is 0 Å². The van der Waals surface area contributed by atoms with Crippen molar-refractivity contribution in [3.05, 3.63) is 95.6 Å². The molecule has 0 bridgehead atoms. The molecule has 3 rings (SSSR count). The van der Waals surface area contributed by atoms with Gasteiger partial charge in [0.25, 0.3) is 5.91 Å². The number of carbonyl (C=O) groups is 2. The minimum absolute atomic E-state index is 0.0792. The van der Waals surface area contributed by atoms with Gasteiger partial charge >= 0.3 is 6.03 Å². The fourth-order valence-corrected chi connectivity index (χ4v) is 2.85. The van der Waals surface area contributed by atoms with Gasteiger partial charge in [-0.3, -0.25) is 4.79 Å². The van der Waals surface area contributed by atoms with E-state index in [9.17, 15) is 9.59 Å². The Hall–Kier alpha value is -3.80. The lowest BCUT2D eigenvalue weighted by molar-refractivity contribution is 0.102. The van der Waals surface area contributed by atoms with Crippen LogP contribution in [0.4, 0.5) is 10.5 Å². The molecule has 6 nitrogen and oxygen atoms in total. The third-order valence-electron chi connectivity index (χ3n) is 4.45. The summed E-state index contributed by atoms with van der Waals surface area (Å²) in [6, 6.07) is 24.2. The Morgan fingerprint density at radius 3 is 2.16 bits per heavy atom. The molecule has 0 atom stereocenters. The molecule has 0 radical (unpaired) electrons. The third-order valence-corrected chi connectivity index (χ3v) is 4.45. The van der Waals surface area contributed by atoms with Crippen molar-refractivity contribution in [3.63, 3.8) is 0 Å². The minimum atomic E-state index is -0.215. The molecule has 160 valence electrons. The highest BCUT2D eigenvalue weighted by atomic mass is 16.5. The molecular formula is C25H27N3O3. The molecule has 0 aliphatic carbocycles. The molecule has 3 aromatic rings. The van der Waals surface area contributed by atoms with Crippen LogP contribution in [0.15, 0.2) is 78.9 Å². The number of ether oxygens (including phenoxy) is 1. The zero-order chi connectivity index (χ0) is 22.1. The van der Waals surface area contributed by atoms with Gasteiger partial charge in [0.05, 0.1) is 0 Å². The smallest absolute Gasteiger partial charge is 0.315 e. The van der Waals surface area contributed by atoms with Crippen molar-refractivity contribution >= 4 is 17.6 Å². The van der Waals surface area contributed by atoms with Gasteiger partial charge in [-0.2, -0.15) is 0 Å². The van der Waals surface area contributed by atoms with Crippen LogP contribution >= 0.6 is 0 Å². The number of benzene rings is 3. The van der Waals surface area contributed by atoms with E-state index in [0.29, 0.717) is 24.4 Å². The lowest BCUT2D eigenvalue weighted by Crippen LogP contribution is -2.39. The summed E-state index contributed by atoms with van der Waals surface area (Å²) in [5.41, 5.74) is 3.24. The molecule has 0 aliphatic heterocycles. The topological polar surface area (TPSA) is 79.5 Å². The summed E-state index contributed by atoms with van der Waals surface area (Å²) < 4.78 is 5.76. The normalized spacial score (nSPS) is 10.4. The third kappa shape index (κ3) is 7.19. The van der Waals surface area contributed by atoms with E-state index in [4.69, 9.17) is 4.74 Å². The molecule has 3 aromatic carbocycles. The number of carbonyl (C=O) groups excluding carboxylic acids is 2. The van der Waals surface area contributed by atoms with Crippen LogP contribution in [-0.4, -0.2) is 18.0 Å². The number of anilines is 1. The van der Waals surface area contributed by atoms with Crippen LogP contribution in [0.2, 0.25) is 0 Å². The fraction of sp³-hybridized carbons (Fsp3) is 0.200. The van der Waals surface area contributed by atoms with E-state index in [1.807, 2.05) is 80.6 Å². The van der Waals surface area contributed by atoms with Gasteiger partial charge in [0.1, 0.15) is 12.4 Å². The Morgan fingerprint density at radius 1 is 0.839 bits per heavy atom. The van der Waals surface area contributed by atoms with Crippen LogP contribution in [0, 0.1) is 0 Å². The molecule has 6 heteroatoms. The molecule has 31 heavy (non-hydrogen) atoms. The monoisotopic (exact) mass is 417 g/mol. The first kappa shape index (κ1) is 21.9. The molecule has 0 spiro atoms. The van der Waals surface area contributed by atoms with Crippen LogP contribution in [0.3, 0.4) is 0 Å². The maximum Gasteiger partial charge on any atom is 0.315 e. The number of rotatable bonds is 8. The summed E-state index contributed by atoms with van der Waals surface area (Å²) in [7, 11) is 0. The van der Waals surface area contributed by atoms with E-state index in [0.717, 1.165) is 16.9 Å². The van der Waals surface area contributed by atoms with Gasteiger partial charge in [-0.25, -0.2) is 4.79 Å². The molecule has 0 aromatic heterocycles. The van der Waals surface area contributed by atoms with Gasteiger partial charge in [-0.05, 0) is 61.4 Å². The van der Waals surface area contributed by atoms with Gasteiger partial charge in [0, 0.05) is 23.8 Å². The SMILES string of the molecule is CC(C)NC(=O)NCc1ccc(C(=O)Nc2ccc(OCc3ccccc3)cc2)cc1. The molecule has 3 amide bonds. The van der Waals surface area contributed by atoms with Crippen LogP contribution in [-0.2, 0) is 13.2 Å². The molecule has 0 unspecified atom stereocenters. The van der Waals surface area contributed by atoms with Crippen molar-refractivity contribution in [1.82, 2.24) is 10.6 Å². The second kappa shape index (κ2) is 10.8. The van der Waals surface area contributed by atoms with Gasteiger partial charge in [0.2, 0.25) is 0 Å². The first-order valence-electron chi connectivity index (χ1n) is 10.2. The molecule has 0 saturated heterocycles. The first-order valence-corrected chi connectivity index (χ1v) is 10.2. The van der Waals surface area contributed by atoms with E-state index >= 15 is 0 Å². The average Bonchev–Trinajstić information content (AvgIpc) is 2.78. The number of amides is 3. The number of urea groups is 1. The van der Waals surface area contributed by atoms with Crippen LogP contribution in [0.5, 0.6) is 5.75 Å². The molecule has 3 N–H and O–H groups in total.